The molecule has 1 saturated heterocycles. The van der Waals surface area contributed by atoms with Gasteiger partial charge in [0.05, 0.1) is 28.3 Å². The van der Waals surface area contributed by atoms with Crippen molar-refractivity contribution in [2.75, 3.05) is 13.2 Å². The molecule has 5 nitrogen and oxygen atoms in total. The van der Waals surface area contributed by atoms with Crippen molar-refractivity contribution in [2.24, 2.45) is 4.99 Å². The van der Waals surface area contributed by atoms with Crippen LogP contribution < -0.4 is 14.8 Å². The number of nitrogens with zero attached hydrogens (tertiary/aromatic N) is 1. The minimum Gasteiger partial charge on any atom is -0.490 e. The van der Waals surface area contributed by atoms with Gasteiger partial charge in [0.15, 0.2) is 16.7 Å². The minimum atomic E-state index is -0.199. The molecule has 0 aromatic heterocycles. The lowest BCUT2D eigenvalue weighted by atomic mass is 10.2. The van der Waals surface area contributed by atoms with Crippen LogP contribution in [-0.4, -0.2) is 24.3 Å². The van der Waals surface area contributed by atoms with Gasteiger partial charge in [-0.2, -0.15) is 0 Å². The maximum Gasteiger partial charge on any atom is 0.264 e. The molecule has 29 heavy (non-hydrogen) atoms. The summed E-state index contributed by atoms with van der Waals surface area (Å²) in [5.41, 5.74) is 2.48. The normalized spacial score (nSPS) is 16.4. The number of aliphatic imine (C=N–C) groups is 1. The van der Waals surface area contributed by atoms with Crippen molar-refractivity contribution < 1.29 is 14.3 Å². The number of carbonyl (C=O) groups excluding carboxylic acids is 1. The maximum absolute atomic E-state index is 12.4. The first-order valence-corrected chi connectivity index (χ1v) is 11.0. The van der Waals surface area contributed by atoms with Crippen LogP contribution in [0.25, 0.3) is 6.08 Å². The van der Waals surface area contributed by atoms with Gasteiger partial charge in [-0.25, -0.2) is 4.99 Å². The second-order valence-electron chi connectivity index (χ2n) is 6.11. The fourth-order valence-corrected chi connectivity index (χ4v) is 4.21. The maximum atomic E-state index is 12.4. The second kappa shape index (κ2) is 9.69. The molecule has 0 saturated carbocycles. The van der Waals surface area contributed by atoms with Crippen molar-refractivity contribution >= 4 is 62.1 Å². The minimum absolute atomic E-state index is 0.199. The van der Waals surface area contributed by atoms with E-state index >= 15 is 0 Å². The summed E-state index contributed by atoms with van der Waals surface area (Å²) in [5.74, 6) is 1.08. The molecule has 2 aromatic rings. The number of ether oxygens (including phenoxy) is 2. The number of hydrogen-bond acceptors (Lipinski definition) is 5. The molecule has 0 bridgehead atoms. The van der Waals surface area contributed by atoms with E-state index < -0.39 is 0 Å². The summed E-state index contributed by atoms with van der Waals surface area (Å²) in [5, 5.41) is 3.94. The smallest absolute Gasteiger partial charge is 0.264 e. The largest absolute Gasteiger partial charge is 0.490 e. The van der Waals surface area contributed by atoms with Crippen LogP contribution >= 0.6 is 39.3 Å². The molecule has 3 rings (SSSR count). The molecule has 0 aliphatic carbocycles. The third kappa shape index (κ3) is 5.35. The van der Waals surface area contributed by atoms with Crippen molar-refractivity contribution in [1.29, 1.82) is 0 Å². The van der Waals surface area contributed by atoms with Gasteiger partial charge < -0.3 is 14.8 Å². The molecule has 0 atom stereocenters. The number of amides is 1. The van der Waals surface area contributed by atoms with Crippen LogP contribution in [0.1, 0.15) is 25.0 Å². The summed E-state index contributed by atoms with van der Waals surface area (Å²) in [6, 6.07) is 9.28. The standard InChI is InChI=1S/C21H20BrClN2O3S/c1-4-27-17-9-13(8-15(22)19(17)28-5-2)10-18-20(26)25-21(29-18)24-14-7-6-12(3)16(23)11-14/h6-11H,4-5H2,1-3H3,(H,24,25,26)/b18-10-. The molecule has 1 N–H and O–H groups in total. The predicted molar refractivity (Wildman–Crippen MR) is 123 cm³/mol. The Kier molecular flexibility index (Phi) is 7.27. The Morgan fingerprint density at radius 1 is 1.21 bits per heavy atom. The van der Waals surface area contributed by atoms with Crippen molar-refractivity contribution in [1.82, 2.24) is 5.32 Å². The summed E-state index contributed by atoms with van der Waals surface area (Å²) in [6.45, 7) is 6.80. The summed E-state index contributed by atoms with van der Waals surface area (Å²) < 4.78 is 12.1. The molecule has 1 amide bonds. The Hall–Kier alpha value is -1.96. The molecule has 0 spiro atoms. The molecule has 0 unspecified atom stereocenters. The topological polar surface area (TPSA) is 59.9 Å². The SMILES string of the molecule is CCOc1cc(/C=C2\SC(=Nc3ccc(C)c(Cl)c3)NC2=O)cc(Br)c1OCC. The first kappa shape index (κ1) is 21.7. The number of halogens is 2. The number of nitrogens with one attached hydrogen (secondary N) is 1. The number of aryl methyl sites for hydroxylation is 1. The molecule has 1 aliphatic rings. The monoisotopic (exact) mass is 494 g/mol. The number of carbonyl (C=O) groups is 1. The van der Waals surface area contributed by atoms with Crippen LogP contribution in [0.2, 0.25) is 5.02 Å². The van der Waals surface area contributed by atoms with Crippen LogP contribution in [-0.2, 0) is 4.79 Å². The first-order chi connectivity index (χ1) is 13.9. The third-order valence-electron chi connectivity index (χ3n) is 3.96. The lowest BCUT2D eigenvalue weighted by molar-refractivity contribution is -0.115. The van der Waals surface area contributed by atoms with E-state index in [-0.39, 0.29) is 5.91 Å². The van der Waals surface area contributed by atoms with E-state index in [9.17, 15) is 4.79 Å². The van der Waals surface area contributed by atoms with Gasteiger partial charge in [0.2, 0.25) is 0 Å². The average molecular weight is 496 g/mol. The van der Waals surface area contributed by atoms with Crippen molar-refractivity contribution in [3.63, 3.8) is 0 Å². The summed E-state index contributed by atoms with van der Waals surface area (Å²) in [4.78, 5) is 17.4. The zero-order valence-corrected chi connectivity index (χ0v) is 19.4. The van der Waals surface area contributed by atoms with E-state index in [2.05, 4.69) is 26.2 Å². The molecular weight excluding hydrogens is 476 g/mol. The highest BCUT2D eigenvalue weighted by Gasteiger charge is 2.24. The molecule has 152 valence electrons. The lowest BCUT2D eigenvalue weighted by Gasteiger charge is -2.13. The number of hydrogen-bond donors (Lipinski definition) is 1. The average Bonchev–Trinajstić information content (AvgIpc) is 3.00. The van der Waals surface area contributed by atoms with Crippen LogP contribution in [0.4, 0.5) is 5.69 Å². The van der Waals surface area contributed by atoms with Gasteiger partial charge in [-0.3, -0.25) is 4.79 Å². The number of thioether (sulfide) groups is 1. The Morgan fingerprint density at radius 2 is 1.97 bits per heavy atom. The molecule has 2 aromatic carbocycles. The molecule has 1 fully saturated rings. The quantitative estimate of drug-likeness (QED) is 0.492. The summed E-state index contributed by atoms with van der Waals surface area (Å²) >= 11 is 11.0. The van der Waals surface area contributed by atoms with E-state index in [0.717, 1.165) is 15.6 Å². The fraction of sp³-hybridized carbons (Fsp3) is 0.238. The fourth-order valence-electron chi connectivity index (χ4n) is 2.62. The Bertz CT molecular complexity index is 1010. The first-order valence-electron chi connectivity index (χ1n) is 9.06. The van der Waals surface area contributed by atoms with E-state index in [1.165, 1.54) is 11.8 Å². The Balaban J connectivity index is 1.88. The highest BCUT2D eigenvalue weighted by atomic mass is 79.9. The van der Waals surface area contributed by atoms with Crippen LogP contribution in [0, 0.1) is 6.92 Å². The lowest BCUT2D eigenvalue weighted by Crippen LogP contribution is -2.19. The van der Waals surface area contributed by atoms with Gasteiger partial charge in [-0.1, -0.05) is 17.7 Å². The van der Waals surface area contributed by atoms with Gasteiger partial charge >= 0.3 is 0 Å². The van der Waals surface area contributed by atoms with Gasteiger partial charge in [-0.15, -0.1) is 0 Å². The van der Waals surface area contributed by atoms with Crippen molar-refractivity contribution in [3.8, 4) is 11.5 Å². The summed E-state index contributed by atoms with van der Waals surface area (Å²) in [6.07, 6.45) is 1.80. The predicted octanol–water partition coefficient (Wildman–Crippen LogP) is 6.10. The number of rotatable bonds is 6. The van der Waals surface area contributed by atoms with E-state index in [1.54, 1.807) is 12.1 Å². The molecule has 0 radical (unpaired) electrons. The van der Waals surface area contributed by atoms with Gasteiger partial charge in [0.25, 0.3) is 5.91 Å². The van der Waals surface area contributed by atoms with E-state index in [4.69, 9.17) is 21.1 Å². The van der Waals surface area contributed by atoms with Crippen LogP contribution in [0.15, 0.2) is 44.7 Å². The molecule has 1 heterocycles. The highest BCUT2D eigenvalue weighted by Crippen LogP contribution is 2.38. The Labute approximate surface area is 187 Å². The van der Waals surface area contributed by atoms with E-state index in [1.807, 2.05) is 45.0 Å². The zero-order valence-electron chi connectivity index (χ0n) is 16.2. The molecule has 1 aliphatic heterocycles. The van der Waals surface area contributed by atoms with Crippen molar-refractivity contribution in [2.45, 2.75) is 20.8 Å². The number of amidine groups is 1. The molecule has 8 heteroatoms. The third-order valence-corrected chi connectivity index (χ3v) is 5.86. The van der Waals surface area contributed by atoms with Crippen LogP contribution in [0.3, 0.4) is 0 Å². The number of benzene rings is 2. The van der Waals surface area contributed by atoms with Crippen molar-refractivity contribution in [3.05, 3.63) is 55.9 Å². The summed E-state index contributed by atoms with van der Waals surface area (Å²) in [7, 11) is 0. The zero-order chi connectivity index (χ0) is 21.0. The molecular formula is C21H20BrClN2O3S. The second-order valence-corrected chi connectivity index (χ2v) is 8.40. The Morgan fingerprint density at radius 3 is 2.66 bits per heavy atom. The highest BCUT2D eigenvalue weighted by molar-refractivity contribution is 9.10. The van der Waals surface area contributed by atoms with Crippen LogP contribution in [0.5, 0.6) is 11.5 Å². The van der Waals surface area contributed by atoms with Gasteiger partial charge in [0.1, 0.15) is 0 Å². The van der Waals surface area contributed by atoms with E-state index in [0.29, 0.717) is 45.5 Å². The van der Waals surface area contributed by atoms with Gasteiger partial charge in [-0.05, 0) is 89.9 Å². The van der Waals surface area contributed by atoms with Gasteiger partial charge in [0, 0.05) is 5.02 Å².